The number of halogens is 7. The molecule has 0 bridgehead atoms. The van der Waals surface area contributed by atoms with Crippen molar-refractivity contribution in [2.75, 3.05) is 12.3 Å². The number of rotatable bonds is 7. The summed E-state index contributed by atoms with van der Waals surface area (Å²) in [6.07, 6.45) is -2.70. The van der Waals surface area contributed by atoms with Gasteiger partial charge >= 0.3 is 153 Å². The third-order valence-corrected chi connectivity index (χ3v) is 6.79. The molecule has 0 aliphatic carbocycles. The van der Waals surface area contributed by atoms with Gasteiger partial charge in [-0.05, 0) is 19.1 Å². The maximum Gasteiger partial charge on any atom is 1.00 e. The van der Waals surface area contributed by atoms with Crippen molar-refractivity contribution in [3.05, 3.63) is 65.7 Å². The number of anilines is 1. The summed E-state index contributed by atoms with van der Waals surface area (Å²) < 4.78 is 82.8. The van der Waals surface area contributed by atoms with Crippen LogP contribution in [0.2, 0.25) is 10.0 Å². The smallest absolute Gasteiger partial charge is 1.00 e. The summed E-state index contributed by atoms with van der Waals surface area (Å²) in [6, 6.07) is 5.25. The zero-order chi connectivity index (χ0) is 35.6. The second-order valence-electron chi connectivity index (χ2n) is 7.88. The second kappa shape index (κ2) is 24.1. The van der Waals surface area contributed by atoms with Crippen molar-refractivity contribution in [2.45, 2.75) is 39.4 Å². The molecule has 1 aromatic heterocycles. The second-order valence-corrected chi connectivity index (χ2v) is 10.3. The number of alkyl halides is 5. The van der Waals surface area contributed by atoms with Crippen LogP contribution in [0.15, 0.2) is 29.3 Å². The number of nitrogens with two attached hydrogens (primary N) is 2. The molecule has 0 atom stereocenters. The van der Waals surface area contributed by atoms with Gasteiger partial charge in [0.05, 0.1) is 44.0 Å². The number of aromatic nitrogens is 2. The van der Waals surface area contributed by atoms with Crippen molar-refractivity contribution in [1.82, 2.24) is 9.78 Å². The van der Waals surface area contributed by atoms with Gasteiger partial charge in [0.2, 0.25) is 0 Å². The first-order valence-corrected chi connectivity index (χ1v) is 13.7. The van der Waals surface area contributed by atoms with Gasteiger partial charge in [-0.2, -0.15) is 26.7 Å². The monoisotopic (exact) mass is 1010 g/mol. The third kappa shape index (κ3) is 15.3. The zero-order valence-corrected chi connectivity index (χ0v) is 39.5. The van der Waals surface area contributed by atoms with Crippen LogP contribution in [0.25, 0.3) is 10.9 Å². The van der Waals surface area contributed by atoms with Gasteiger partial charge in [-0.1, -0.05) is 30.6 Å². The molecule has 3 aromatic rings. The van der Waals surface area contributed by atoms with E-state index in [0.717, 1.165) is 17.7 Å². The quantitative estimate of drug-likeness (QED) is 0.0493. The molecular formula is C22H24Cl2Cs2F5N7O10S. The van der Waals surface area contributed by atoms with Crippen LogP contribution < -0.4 is 155 Å². The molecule has 0 amide bonds. The average molecular weight is 1010 g/mol. The van der Waals surface area contributed by atoms with E-state index < -0.39 is 45.1 Å². The Labute approximate surface area is 402 Å². The summed E-state index contributed by atoms with van der Waals surface area (Å²) >= 11 is 11.7. The van der Waals surface area contributed by atoms with Crippen LogP contribution in [0.5, 0.6) is 0 Å². The fourth-order valence-corrected chi connectivity index (χ4v) is 4.35. The van der Waals surface area contributed by atoms with Gasteiger partial charge in [0.1, 0.15) is 17.9 Å². The molecule has 17 nitrogen and oxygen atoms in total. The summed E-state index contributed by atoms with van der Waals surface area (Å²) in [5, 5.41) is 34.3. The van der Waals surface area contributed by atoms with Gasteiger partial charge in [-0.25, -0.2) is 13.5 Å². The maximum absolute atomic E-state index is 12.4. The summed E-state index contributed by atoms with van der Waals surface area (Å²) in [6.45, 7) is -0.0853. The Morgan fingerprint density at radius 3 is 1.98 bits per heavy atom. The van der Waals surface area contributed by atoms with E-state index in [0.29, 0.717) is 16.1 Å². The predicted molar refractivity (Wildman–Crippen MR) is 156 cm³/mol. The largest absolute Gasteiger partial charge is 1.00 e. The fraction of sp³-hybridized carbons (Fsp3) is 0.318. The maximum atomic E-state index is 12.4. The van der Waals surface area contributed by atoms with E-state index in [1.54, 1.807) is 0 Å². The standard InChI is InChI=1S/C9H7ClF2N4O2.C8H6ClN3O2.C3H5F3O3S.CH2O3.CH4.2Cs.H/c10-4-1-2-5(16(17)18)8-7(4)9(13)14-15(8)3-6(11)12;9-5-1-2-6(12(13)14)4-3-11-8(10)7(4)5;1-2-9-10(7,8)3(4,5)6;2-1-4-3;;;;/h1-2,6H,3H2,(H2,13,14);1-2H,3H2,(H2,10,11);2H2,1H3;1,3H;1H4;;;/q;;;;;2*+1;-1/p-1. The number of nitrogen functional groups attached to an aromatic ring is 1. The molecule has 27 heteroatoms. The number of fused-ring (bicyclic) bond motifs is 2. The number of hydrogen-bond acceptors (Lipinski definition) is 14. The molecule has 0 fully saturated rings. The van der Waals surface area contributed by atoms with Crippen LogP contribution in [0.4, 0.5) is 39.1 Å². The van der Waals surface area contributed by atoms with Gasteiger partial charge in [-0.15, -0.1) is 0 Å². The Morgan fingerprint density at radius 1 is 1.08 bits per heavy atom. The van der Waals surface area contributed by atoms with Crippen molar-refractivity contribution in [2.24, 2.45) is 10.7 Å². The molecule has 1 aliphatic heterocycles. The number of nitro groups is 2. The molecule has 4 rings (SSSR count). The number of aliphatic imine (C=N–C) groups is 1. The van der Waals surface area contributed by atoms with Gasteiger partial charge in [0.25, 0.3) is 24.3 Å². The first kappa shape index (κ1) is 53.0. The molecule has 1 aliphatic rings. The van der Waals surface area contributed by atoms with Crippen LogP contribution in [0.1, 0.15) is 26.9 Å². The average Bonchev–Trinajstić information content (AvgIpc) is 3.49. The molecule has 2 heterocycles. The summed E-state index contributed by atoms with van der Waals surface area (Å²) in [5.74, 6) is 0.160. The van der Waals surface area contributed by atoms with Gasteiger partial charge < -0.3 is 23.0 Å². The number of carbonyl (C=O) groups excluding carboxylic acids is 1. The minimum atomic E-state index is -5.35. The summed E-state index contributed by atoms with van der Waals surface area (Å²) in [5.41, 5.74) is 6.36. The molecule has 2 aromatic carbocycles. The van der Waals surface area contributed by atoms with E-state index in [-0.39, 0.29) is 199 Å². The van der Waals surface area contributed by atoms with Crippen molar-refractivity contribution < 1.29 is 199 Å². The fourth-order valence-electron chi connectivity index (χ4n) is 3.38. The van der Waals surface area contributed by atoms with Gasteiger partial charge in [0.15, 0.2) is 5.82 Å². The first-order chi connectivity index (χ1) is 21.2. The number of nitrogens with zero attached hydrogens (tertiary/aromatic N) is 5. The third-order valence-electron chi connectivity index (χ3n) is 5.05. The minimum Gasteiger partial charge on any atom is -1.00 e. The van der Waals surface area contributed by atoms with Crippen LogP contribution >= 0.6 is 23.2 Å². The van der Waals surface area contributed by atoms with E-state index in [1.165, 1.54) is 18.2 Å². The number of hydrogen-bond donors (Lipinski definition) is 2. The van der Waals surface area contributed by atoms with Crippen molar-refractivity contribution in [3.8, 4) is 0 Å². The Kier molecular flexibility index (Phi) is 26.0. The molecule has 49 heavy (non-hydrogen) atoms. The van der Waals surface area contributed by atoms with Crippen molar-refractivity contribution in [1.29, 1.82) is 0 Å². The number of nitro benzene ring substituents is 2. The van der Waals surface area contributed by atoms with Crippen LogP contribution in [0.3, 0.4) is 0 Å². The number of benzene rings is 2. The Balaban J connectivity index is -0.000000299. The van der Waals surface area contributed by atoms with Crippen LogP contribution in [0, 0.1) is 20.2 Å². The summed E-state index contributed by atoms with van der Waals surface area (Å²) in [4.78, 5) is 35.5. The molecule has 0 unspecified atom stereocenters. The van der Waals surface area contributed by atoms with E-state index in [9.17, 15) is 50.6 Å². The van der Waals surface area contributed by atoms with Crippen LogP contribution in [-0.4, -0.2) is 58.9 Å². The SMILES string of the molecule is C.CCOS(=O)(=O)C(F)(F)F.NC1=NCc2c([N+](=O)[O-])ccc(Cl)c21.Nc1nn(CC(F)F)c2c([N+](=O)[O-])ccc(Cl)c12.O=CO[O-].[Cs+].[Cs+].[H-]. The van der Waals surface area contributed by atoms with Crippen molar-refractivity contribution >= 4 is 73.7 Å². The van der Waals surface area contributed by atoms with Gasteiger partial charge in [-0.3, -0.25) is 34.2 Å². The zero-order valence-electron chi connectivity index (χ0n) is 25.6. The van der Waals surface area contributed by atoms with E-state index >= 15 is 0 Å². The summed E-state index contributed by atoms with van der Waals surface area (Å²) in [7, 11) is -5.35. The minimum absolute atomic E-state index is 0. The topological polar surface area (TPSA) is 261 Å². The molecule has 264 valence electrons. The Hall–Kier alpha value is -0.346. The Bertz CT molecular complexity index is 1740. The first-order valence-electron chi connectivity index (χ1n) is 11.6. The molecule has 4 N–H and O–H groups in total. The van der Waals surface area contributed by atoms with Crippen molar-refractivity contribution in [3.63, 3.8) is 0 Å². The number of carbonyl (C=O) groups is 1. The van der Waals surface area contributed by atoms with E-state index in [4.69, 9.17) is 44.7 Å². The molecule has 0 saturated carbocycles. The number of non-ortho nitro benzene ring substituents is 1. The Morgan fingerprint density at radius 2 is 1.57 bits per heavy atom. The molecular weight excluding hydrogens is 986 g/mol. The van der Waals surface area contributed by atoms with Crippen LogP contribution in [-0.2, 0) is 37.1 Å². The predicted octanol–water partition coefficient (Wildman–Crippen LogP) is -2.02. The normalized spacial score (nSPS) is 11.3. The molecule has 0 saturated heterocycles. The van der Waals surface area contributed by atoms with E-state index in [2.05, 4.69) is 19.2 Å². The van der Waals surface area contributed by atoms with E-state index in [1.807, 2.05) is 0 Å². The van der Waals surface area contributed by atoms with Gasteiger partial charge in [0, 0.05) is 17.7 Å². The number of amidine groups is 1. The molecule has 0 radical (unpaired) electrons. The molecule has 0 spiro atoms.